The van der Waals surface area contributed by atoms with E-state index in [1.807, 2.05) is 35.6 Å². The van der Waals surface area contributed by atoms with Crippen LogP contribution in [0.5, 0.6) is 5.75 Å². The smallest absolute Gasteiger partial charge is 0.233 e. The van der Waals surface area contributed by atoms with Crippen molar-refractivity contribution < 1.29 is 17.9 Å². The van der Waals surface area contributed by atoms with Gasteiger partial charge in [-0.3, -0.25) is 9.20 Å². The Morgan fingerprint density at radius 1 is 1.34 bits per heavy atom. The maximum absolute atomic E-state index is 12.6. The highest BCUT2D eigenvalue weighted by Gasteiger charge is 2.32. The van der Waals surface area contributed by atoms with Gasteiger partial charge in [-0.25, -0.2) is 8.42 Å². The molecule has 4 rings (SSSR count). The number of thioether (sulfide) groups is 1. The standard InChI is InChI=1S/C19H22N4O4S2/c1-12-8-17-20-21-19(23(17)16-9-14(27-3)4-5-15(12)16)28-10-18(24)22(2)13-6-7-29(25,26)11-13/h4-5,8-9,13H,6-7,10-11H2,1-3H3/t13-/m1/s1. The van der Waals surface area contributed by atoms with Crippen molar-refractivity contribution in [2.24, 2.45) is 0 Å². The molecule has 3 heterocycles. The van der Waals surface area contributed by atoms with Crippen LogP contribution >= 0.6 is 11.8 Å². The molecule has 1 fully saturated rings. The number of ether oxygens (including phenoxy) is 1. The van der Waals surface area contributed by atoms with E-state index in [-0.39, 0.29) is 29.2 Å². The van der Waals surface area contributed by atoms with Gasteiger partial charge in [0, 0.05) is 24.5 Å². The highest BCUT2D eigenvalue weighted by molar-refractivity contribution is 7.99. The molecule has 1 saturated heterocycles. The van der Waals surface area contributed by atoms with Gasteiger partial charge in [0.1, 0.15) is 5.75 Å². The number of benzene rings is 1. The number of rotatable bonds is 5. The molecule has 29 heavy (non-hydrogen) atoms. The van der Waals surface area contributed by atoms with Gasteiger partial charge in [0.2, 0.25) is 5.91 Å². The zero-order valence-corrected chi connectivity index (χ0v) is 18.1. The van der Waals surface area contributed by atoms with Crippen molar-refractivity contribution in [3.8, 4) is 5.75 Å². The SMILES string of the molecule is COc1ccc2c(C)cc3nnc(SCC(=O)N(C)[C@@H]4CCS(=O)(=O)C4)n3c2c1. The van der Waals surface area contributed by atoms with E-state index >= 15 is 0 Å². The first-order valence-electron chi connectivity index (χ1n) is 9.20. The fourth-order valence-corrected chi connectivity index (χ4v) is 6.29. The zero-order chi connectivity index (χ0) is 20.8. The lowest BCUT2D eigenvalue weighted by atomic mass is 10.1. The summed E-state index contributed by atoms with van der Waals surface area (Å²) in [5, 5.41) is 10.2. The van der Waals surface area contributed by atoms with Crippen LogP contribution in [0.25, 0.3) is 16.6 Å². The Kier molecular flexibility index (Phi) is 5.16. The van der Waals surface area contributed by atoms with E-state index < -0.39 is 9.84 Å². The molecule has 10 heteroatoms. The summed E-state index contributed by atoms with van der Waals surface area (Å²) in [5.41, 5.74) is 2.69. The number of aryl methyl sites for hydroxylation is 1. The lowest BCUT2D eigenvalue weighted by Gasteiger charge is -2.23. The van der Waals surface area contributed by atoms with Crippen molar-refractivity contribution in [3.63, 3.8) is 0 Å². The lowest BCUT2D eigenvalue weighted by molar-refractivity contribution is -0.128. The molecule has 0 unspecified atom stereocenters. The fraction of sp³-hybridized carbons (Fsp3) is 0.421. The number of amides is 1. The normalized spacial score (nSPS) is 18.4. The van der Waals surface area contributed by atoms with E-state index in [2.05, 4.69) is 10.2 Å². The van der Waals surface area contributed by atoms with Gasteiger partial charge in [0.15, 0.2) is 20.6 Å². The molecule has 154 valence electrons. The molecule has 0 aliphatic carbocycles. The summed E-state index contributed by atoms with van der Waals surface area (Å²) >= 11 is 1.29. The van der Waals surface area contributed by atoms with E-state index in [1.165, 1.54) is 11.8 Å². The summed E-state index contributed by atoms with van der Waals surface area (Å²) in [7, 11) is 0.250. The first-order chi connectivity index (χ1) is 13.8. The van der Waals surface area contributed by atoms with Crippen molar-refractivity contribution >= 4 is 44.1 Å². The topological polar surface area (TPSA) is 93.9 Å². The van der Waals surface area contributed by atoms with Gasteiger partial charge in [-0.2, -0.15) is 0 Å². The van der Waals surface area contributed by atoms with Gasteiger partial charge in [0.25, 0.3) is 0 Å². The molecular formula is C19H22N4O4S2. The Bertz CT molecular complexity index is 1210. The second-order valence-corrected chi connectivity index (χ2v) is 10.4. The van der Waals surface area contributed by atoms with Gasteiger partial charge < -0.3 is 9.64 Å². The Balaban J connectivity index is 1.60. The number of carbonyl (C=O) groups excluding carboxylic acids is 1. The largest absolute Gasteiger partial charge is 0.497 e. The highest BCUT2D eigenvalue weighted by atomic mass is 32.2. The van der Waals surface area contributed by atoms with Gasteiger partial charge >= 0.3 is 0 Å². The van der Waals surface area contributed by atoms with Crippen LogP contribution in [-0.4, -0.2) is 71.3 Å². The third kappa shape index (κ3) is 3.78. The number of hydrogen-bond donors (Lipinski definition) is 0. The summed E-state index contributed by atoms with van der Waals surface area (Å²) < 4.78 is 30.7. The molecule has 1 aliphatic heterocycles. The van der Waals surface area contributed by atoms with Crippen LogP contribution in [-0.2, 0) is 14.6 Å². The first kappa shape index (κ1) is 20.0. The van der Waals surface area contributed by atoms with E-state index in [0.717, 1.165) is 22.2 Å². The van der Waals surface area contributed by atoms with E-state index in [0.29, 0.717) is 17.2 Å². The maximum Gasteiger partial charge on any atom is 0.233 e. The number of nitrogens with zero attached hydrogens (tertiary/aromatic N) is 4. The minimum Gasteiger partial charge on any atom is -0.497 e. The van der Waals surface area contributed by atoms with Crippen LogP contribution in [0.3, 0.4) is 0 Å². The van der Waals surface area contributed by atoms with Crippen LogP contribution in [0, 0.1) is 6.92 Å². The second-order valence-electron chi connectivity index (χ2n) is 7.24. The molecule has 1 amide bonds. The number of aromatic nitrogens is 3. The van der Waals surface area contributed by atoms with Crippen LogP contribution in [0.15, 0.2) is 29.4 Å². The Hall–Kier alpha value is -2.33. The zero-order valence-electron chi connectivity index (χ0n) is 16.5. The fourth-order valence-electron chi connectivity index (χ4n) is 3.64. The van der Waals surface area contributed by atoms with Crippen molar-refractivity contribution in [2.45, 2.75) is 24.5 Å². The van der Waals surface area contributed by atoms with E-state index in [9.17, 15) is 13.2 Å². The predicted molar refractivity (Wildman–Crippen MR) is 112 cm³/mol. The minimum atomic E-state index is -3.04. The van der Waals surface area contributed by atoms with Crippen molar-refractivity contribution in [2.75, 3.05) is 31.4 Å². The molecule has 1 aliphatic rings. The molecule has 0 saturated carbocycles. The molecule has 3 aromatic rings. The Morgan fingerprint density at radius 3 is 2.83 bits per heavy atom. The van der Waals surface area contributed by atoms with Crippen molar-refractivity contribution in [1.82, 2.24) is 19.5 Å². The van der Waals surface area contributed by atoms with Crippen LogP contribution in [0.2, 0.25) is 0 Å². The monoisotopic (exact) mass is 434 g/mol. The molecular weight excluding hydrogens is 412 g/mol. The molecule has 8 nitrogen and oxygen atoms in total. The quantitative estimate of drug-likeness (QED) is 0.567. The number of carbonyl (C=O) groups is 1. The summed E-state index contributed by atoms with van der Waals surface area (Å²) in [6.07, 6.45) is 0.493. The average Bonchev–Trinajstić information content (AvgIpc) is 3.27. The summed E-state index contributed by atoms with van der Waals surface area (Å²) in [6.45, 7) is 2.02. The van der Waals surface area contributed by atoms with Gasteiger partial charge in [-0.1, -0.05) is 11.8 Å². The van der Waals surface area contributed by atoms with Crippen molar-refractivity contribution in [3.05, 3.63) is 29.8 Å². The highest BCUT2D eigenvalue weighted by Crippen LogP contribution is 2.29. The van der Waals surface area contributed by atoms with E-state index in [4.69, 9.17) is 4.74 Å². The summed E-state index contributed by atoms with van der Waals surface area (Å²) in [6, 6.07) is 7.54. The first-order valence-corrected chi connectivity index (χ1v) is 12.0. The number of pyridine rings is 1. The van der Waals surface area contributed by atoms with E-state index in [1.54, 1.807) is 19.1 Å². The number of sulfone groups is 1. The van der Waals surface area contributed by atoms with Crippen molar-refractivity contribution in [1.29, 1.82) is 0 Å². The molecule has 1 aromatic carbocycles. The molecule has 0 radical (unpaired) electrons. The summed E-state index contributed by atoms with van der Waals surface area (Å²) in [5.74, 6) is 0.949. The maximum atomic E-state index is 12.6. The molecule has 1 atom stereocenters. The van der Waals surface area contributed by atoms with Crippen LogP contribution < -0.4 is 4.74 Å². The molecule has 0 spiro atoms. The average molecular weight is 435 g/mol. The second kappa shape index (κ2) is 7.49. The molecule has 2 aromatic heterocycles. The Morgan fingerprint density at radius 2 is 2.14 bits per heavy atom. The molecule has 0 N–H and O–H groups in total. The third-order valence-corrected chi connectivity index (χ3v) is 8.01. The van der Waals surface area contributed by atoms with Gasteiger partial charge in [-0.05, 0) is 37.1 Å². The van der Waals surface area contributed by atoms with Crippen LogP contribution in [0.4, 0.5) is 0 Å². The number of hydrogen-bond acceptors (Lipinski definition) is 7. The minimum absolute atomic E-state index is 0.0392. The third-order valence-electron chi connectivity index (χ3n) is 5.35. The number of methoxy groups -OCH3 is 1. The summed E-state index contributed by atoms with van der Waals surface area (Å²) in [4.78, 5) is 14.2. The predicted octanol–water partition coefficient (Wildman–Crippen LogP) is 1.94. The number of fused-ring (bicyclic) bond motifs is 3. The lowest BCUT2D eigenvalue weighted by Crippen LogP contribution is -2.38. The van der Waals surface area contributed by atoms with Crippen LogP contribution in [0.1, 0.15) is 12.0 Å². The van der Waals surface area contributed by atoms with Gasteiger partial charge in [-0.15, -0.1) is 10.2 Å². The molecule has 0 bridgehead atoms. The van der Waals surface area contributed by atoms with Gasteiger partial charge in [0.05, 0.1) is 29.9 Å². The Labute approximate surface area is 173 Å².